The molecule has 0 spiro atoms. The normalized spacial score (nSPS) is 18.5. The van der Waals surface area contributed by atoms with Crippen molar-refractivity contribution >= 4 is 29.3 Å². The van der Waals surface area contributed by atoms with Crippen LogP contribution in [0, 0.1) is 5.92 Å². The van der Waals surface area contributed by atoms with Gasteiger partial charge in [-0.25, -0.2) is 9.59 Å². The van der Waals surface area contributed by atoms with E-state index in [1.807, 2.05) is 45.9 Å². The van der Waals surface area contributed by atoms with Crippen LogP contribution >= 0.6 is 0 Å². The Bertz CT molecular complexity index is 1020. The van der Waals surface area contributed by atoms with E-state index in [2.05, 4.69) is 5.32 Å². The maximum atomic E-state index is 13.2. The van der Waals surface area contributed by atoms with E-state index in [0.717, 1.165) is 11.8 Å². The SMILES string of the molecule is CC(C)(C)OC(=O)[C@@H](NC(=O)OCc1ccccc1)[C@H](CCCB1OC(C)(C)C(C)(C)O1)COS(C)(=O)=O. The van der Waals surface area contributed by atoms with E-state index in [9.17, 15) is 18.0 Å². The first-order chi connectivity index (χ1) is 17.4. The van der Waals surface area contributed by atoms with Crippen molar-refractivity contribution in [1.29, 1.82) is 0 Å². The van der Waals surface area contributed by atoms with Crippen LogP contribution in [0.5, 0.6) is 0 Å². The number of ether oxygens (including phenoxy) is 2. The number of alkyl carbamates (subject to hydrolysis) is 1. The molecule has 1 aliphatic heterocycles. The van der Waals surface area contributed by atoms with Crippen molar-refractivity contribution in [1.82, 2.24) is 5.32 Å². The third kappa shape index (κ3) is 10.6. The highest BCUT2D eigenvalue weighted by Gasteiger charge is 2.50. The zero-order valence-corrected chi connectivity index (χ0v) is 24.6. The first-order valence-electron chi connectivity index (χ1n) is 12.8. The fourth-order valence-electron chi connectivity index (χ4n) is 3.81. The van der Waals surface area contributed by atoms with Crippen LogP contribution in [0.3, 0.4) is 0 Å². The second kappa shape index (κ2) is 12.8. The van der Waals surface area contributed by atoms with Crippen molar-refractivity contribution in [2.75, 3.05) is 12.9 Å². The van der Waals surface area contributed by atoms with Gasteiger partial charge in [0.25, 0.3) is 10.1 Å². The summed E-state index contributed by atoms with van der Waals surface area (Å²) in [7, 11) is -4.26. The fraction of sp³-hybridized carbons (Fsp3) is 0.692. The third-order valence-electron chi connectivity index (χ3n) is 6.43. The first kappa shape index (κ1) is 32.1. The third-order valence-corrected chi connectivity index (χ3v) is 7.00. The topological polar surface area (TPSA) is 126 Å². The highest BCUT2D eigenvalue weighted by molar-refractivity contribution is 7.85. The van der Waals surface area contributed by atoms with Gasteiger partial charge >= 0.3 is 19.2 Å². The van der Waals surface area contributed by atoms with Crippen LogP contribution < -0.4 is 5.32 Å². The average Bonchev–Trinajstić information content (AvgIpc) is 2.98. The molecule has 1 fully saturated rings. The molecule has 214 valence electrons. The molecule has 0 unspecified atom stereocenters. The molecule has 10 nitrogen and oxygen atoms in total. The molecule has 38 heavy (non-hydrogen) atoms. The molecule has 1 aromatic carbocycles. The Balaban J connectivity index is 2.16. The number of carbonyl (C=O) groups excluding carboxylic acids is 2. The molecule has 0 radical (unpaired) electrons. The van der Waals surface area contributed by atoms with Crippen LogP contribution in [0.1, 0.15) is 66.9 Å². The second-order valence-electron chi connectivity index (χ2n) is 11.6. The van der Waals surface area contributed by atoms with E-state index in [4.69, 9.17) is 23.0 Å². The molecule has 1 heterocycles. The molecular formula is C26H42BNO9S. The Hall–Kier alpha value is -2.15. The van der Waals surface area contributed by atoms with Gasteiger partial charge in [0, 0.05) is 5.92 Å². The molecule has 2 atom stereocenters. The van der Waals surface area contributed by atoms with E-state index >= 15 is 0 Å². The van der Waals surface area contributed by atoms with Crippen LogP contribution in [0.2, 0.25) is 6.32 Å². The Morgan fingerprint density at radius 2 is 1.63 bits per heavy atom. The maximum Gasteiger partial charge on any atom is 0.457 e. The van der Waals surface area contributed by atoms with Gasteiger partial charge in [0.1, 0.15) is 18.2 Å². The second-order valence-corrected chi connectivity index (χ2v) is 13.2. The zero-order chi connectivity index (χ0) is 28.8. The number of rotatable bonds is 12. The van der Waals surface area contributed by atoms with E-state index in [1.165, 1.54) is 0 Å². The van der Waals surface area contributed by atoms with Gasteiger partial charge < -0.3 is 24.1 Å². The lowest BCUT2D eigenvalue weighted by atomic mass is 9.80. The minimum atomic E-state index is -3.81. The predicted molar refractivity (Wildman–Crippen MR) is 144 cm³/mol. The highest BCUT2D eigenvalue weighted by atomic mass is 32.2. The van der Waals surface area contributed by atoms with E-state index in [1.54, 1.807) is 32.9 Å². The van der Waals surface area contributed by atoms with Gasteiger partial charge in [-0.2, -0.15) is 8.42 Å². The largest absolute Gasteiger partial charge is 0.458 e. The number of nitrogens with one attached hydrogen (secondary N) is 1. The van der Waals surface area contributed by atoms with Crippen molar-refractivity contribution < 1.29 is 41.0 Å². The first-order valence-corrected chi connectivity index (χ1v) is 14.6. The molecule has 1 aliphatic rings. The van der Waals surface area contributed by atoms with Crippen molar-refractivity contribution in [3.8, 4) is 0 Å². The Morgan fingerprint density at radius 1 is 1.05 bits per heavy atom. The Morgan fingerprint density at radius 3 is 2.16 bits per heavy atom. The lowest BCUT2D eigenvalue weighted by Gasteiger charge is -2.32. The van der Waals surface area contributed by atoms with E-state index < -0.39 is 58.1 Å². The van der Waals surface area contributed by atoms with Gasteiger partial charge in [-0.15, -0.1) is 0 Å². The van der Waals surface area contributed by atoms with Gasteiger partial charge in [0.15, 0.2) is 0 Å². The van der Waals surface area contributed by atoms with Crippen LogP contribution in [0.4, 0.5) is 4.79 Å². The van der Waals surface area contributed by atoms with Crippen molar-refractivity contribution in [2.24, 2.45) is 5.92 Å². The molecule has 1 aromatic rings. The van der Waals surface area contributed by atoms with Crippen LogP contribution in [-0.2, 0) is 44.5 Å². The predicted octanol–water partition coefficient (Wildman–Crippen LogP) is 4.09. The zero-order valence-electron chi connectivity index (χ0n) is 23.7. The van der Waals surface area contributed by atoms with Crippen molar-refractivity contribution in [3.05, 3.63) is 35.9 Å². The monoisotopic (exact) mass is 555 g/mol. The molecule has 0 aliphatic carbocycles. The number of carbonyl (C=O) groups is 2. The Labute approximate surface area is 227 Å². The van der Waals surface area contributed by atoms with Crippen molar-refractivity contribution in [3.63, 3.8) is 0 Å². The molecule has 0 aromatic heterocycles. The summed E-state index contributed by atoms with van der Waals surface area (Å²) in [5, 5.41) is 2.58. The molecule has 0 bridgehead atoms. The summed E-state index contributed by atoms with van der Waals surface area (Å²) >= 11 is 0. The summed E-state index contributed by atoms with van der Waals surface area (Å²) in [4.78, 5) is 25.9. The molecule has 12 heteroatoms. The summed E-state index contributed by atoms with van der Waals surface area (Å²) in [6.07, 6.45) is 1.43. The number of amides is 1. The van der Waals surface area contributed by atoms with Gasteiger partial charge in [0.2, 0.25) is 0 Å². The standard InChI is InChI=1S/C26H42BNO9S/c1-24(2,3)35-22(29)21(28-23(30)33-17-19-13-10-9-11-14-19)20(18-34-38(8,31)32)15-12-16-27-36-25(4,5)26(6,7)37-27/h9-11,13-14,20-21H,12,15-18H2,1-8H3,(H,28,30)/t20-,21+/m1/s1. The minimum absolute atomic E-state index is 0.000145. The summed E-state index contributed by atoms with van der Waals surface area (Å²) in [6, 6.07) is 7.88. The molecular weight excluding hydrogens is 513 g/mol. The average molecular weight is 555 g/mol. The minimum Gasteiger partial charge on any atom is -0.458 e. The lowest BCUT2D eigenvalue weighted by molar-refractivity contribution is -0.159. The van der Waals surface area contributed by atoms with Crippen LogP contribution in [0.15, 0.2) is 30.3 Å². The van der Waals surface area contributed by atoms with Crippen LogP contribution in [-0.4, -0.2) is 63.3 Å². The fourth-order valence-corrected chi connectivity index (χ4v) is 4.24. The molecule has 0 saturated carbocycles. The molecule has 2 rings (SSSR count). The number of esters is 1. The smallest absolute Gasteiger partial charge is 0.457 e. The van der Waals surface area contributed by atoms with Gasteiger partial charge in [-0.05, 0) is 66.8 Å². The summed E-state index contributed by atoms with van der Waals surface area (Å²) < 4.78 is 51.5. The maximum absolute atomic E-state index is 13.2. The number of hydrogen-bond donors (Lipinski definition) is 1. The number of benzene rings is 1. The number of hydrogen-bond acceptors (Lipinski definition) is 9. The molecule has 1 saturated heterocycles. The molecule has 1 amide bonds. The van der Waals surface area contributed by atoms with Crippen LogP contribution in [0.25, 0.3) is 0 Å². The van der Waals surface area contributed by atoms with Gasteiger partial charge in [-0.3, -0.25) is 4.18 Å². The quantitative estimate of drug-likeness (QED) is 0.231. The highest BCUT2D eigenvalue weighted by Crippen LogP contribution is 2.38. The summed E-state index contributed by atoms with van der Waals surface area (Å²) in [5.74, 6) is -1.45. The van der Waals surface area contributed by atoms with Crippen molar-refractivity contribution in [2.45, 2.75) is 97.1 Å². The summed E-state index contributed by atoms with van der Waals surface area (Å²) in [6.45, 7) is 12.6. The van der Waals surface area contributed by atoms with E-state index in [-0.39, 0.29) is 13.2 Å². The summed E-state index contributed by atoms with van der Waals surface area (Å²) in [5.41, 5.74) is -1.04. The lowest BCUT2D eigenvalue weighted by Crippen LogP contribution is -2.50. The molecule has 1 N–H and O–H groups in total. The Kier molecular flexibility index (Phi) is 10.8. The van der Waals surface area contributed by atoms with Gasteiger partial charge in [0.05, 0.1) is 24.1 Å². The van der Waals surface area contributed by atoms with Gasteiger partial charge in [-0.1, -0.05) is 36.8 Å². The van der Waals surface area contributed by atoms with E-state index in [0.29, 0.717) is 19.2 Å².